The number of hydrogen-bond acceptors (Lipinski definition) is 3. The molecule has 21 heavy (non-hydrogen) atoms. The Balaban J connectivity index is 1.87. The zero-order valence-corrected chi connectivity index (χ0v) is 12.4. The highest BCUT2D eigenvalue weighted by Crippen LogP contribution is 2.40. The fraction of sp³-hybridized carbons (Fsp3) is 0.600. The summed E-state index contributed by atoms with van der Waals surface area (Å²) in [7, 11) is 0. The predicted octanol–water partition coefficient (Wildman–Crippen LogP) is 4.73. The van der Waals surface area contributed by atoms with Crippen LogP contribution < -0.4 is 14.8 Å². The molecular formula is C15H20F3NO2. The molecule has 6 heteroatoms. The van der Waals surface area contributed by atoms with E-state index in [1.165, 1.54) is 0 Å². The van der Waals surface area contributed by atoms with Gasteiger partial charge in [-0.3, -0.25) is 0 Å². The van der Waals surface area contributed by atoms with Crippen LogP contribution in [0.4, 0.5) is 18.9 Å². The number of ether oxygens (including phenoxy) is 2. The second kappa shape index (κ2) is 5.66. The van der Waals surface area contributed by atoms with Crippen LogP contribution in [0.1, 0.15) is 40.0 Å². The highest BCUT2D eigenvalue weighted by molar-refractivity contribution is 5.56. The van der Waals surface area contributed by atoms with Gasteiger partial charge in [-0.25, -0.2) is 0 Å². The van der Waals surface area contributed by atoms with E-state index in [2.05, 4.69) is 5.32 Å². The average Bonchev–Trinajstić information content (AvgIpc) is 2.60. The molecule has 0 amide bonds. The van der Waals surface area contributed by atoms with Crippen LogP contribution >= 0.6 is 0 Å². The molecule has 1 aromatic rings. The molecule has 0 aliphatic carbocycles. The third-order valence-electron chi connectivity index (χ3n) is 3.17. The zero-order valence-electron chi connectivity index (χ0n) is 12.4. The van der Waals surface area contributed by atoms with Crippen LogP contribution in [-0.2, 0) is 0 Å². The van der Waals surface area contributed by atoms with E-state index in [9.17, 15) is 13.2 Å². The highest BCUT2D eigenvalue weighted by atomic mass is 19.4. The molecule has 1 unspecified atom stereocenters. The van der Waals surface area contributed by atoms with E-state index in [-0.39, 0.29) is 12.5 Å². The van der Waals surface area contributed by atoms with Crippen LogP contribution in [0.3, 0.4) is 0 Å². The molecule has 0 saturated carbocycles. The smallest absolute Gasteiger partial charge is 0.389 e. The molecule has 0 spiro atoms. The first kappa shape index (κ1) is 15.8. The SMILES string of the molecule is CC(CCCC(F)(F)F)Nc1ccc2c(c1)OC(C)(C)O2. The lowest BCUT2D eigenvalue weighted by Gasteiger charge is -2.16. The minimum atomic E-state index is -4.08. The van der Waals surface area contributed by atoms with E-state index in [0.717, 1.165) is 5.69 Å². The molecule has 1 aliphatic heterocycles. The first-order valence-electron chi connectivity index (χ1n) is 7.00. The van der Waals surface area contributed by atoms with E-state index in [1.807, 2.05) is 32.9 Å². The fourth-order valence-electron chi connectivity index (χ4n) is 2.28. The fourth-order valence-corrected chi connectivity index (χ4v) is 2.28. The van der Waals surface area contributed by atoms with Crippen molar-refractivity contribution in [3.05, 3.63) is 18.2 Å². The van der Waals surface area contributed by atoms with Gasteiger partial charge in [-0.15, -0.1) is 0 Å². The van der Waals surface area contributed by atoms with Gasteiger partial charge in [0.1, 0.15) is 0 Å². The van der Waals surface area contributed by atoms with Crippen molar-refractivity contribution in [1.82, 2.24) is 0 Å². The molecule has 1 aliphatic rings. The lowest BCUT2D eigenvalue weighted by Crippen LogP contribution is -2.29. The summed E-state index contributed by atoms with van der Waals surface area (Å²) in [4.78, 5) is 0. The largest absolute Gasteiger partial charge is 0.449 e. The quantitative estimate of drug-likeness (QED) is 0.853. The normalized spacial score (nSPS) is 17.6. The Morgan fingerprint density at radius 2 is 1.86 bits per heavy atom. The van der Waals surface area contributed by atoms with Crippen LogP contribution in [0.25, 0.3) is 0 Å². The highest BCUT2D eigenvalue weighted by Gasteiger charge is 2.31. The number of rotatable bonds is 5. The lowest BCUT2D eigenvalue weighted by molar-refractivity contribution is -0.135. The van der Waals surface area contributed by atoms with Crippen molar-refractivity contribution in [1.29, 1.82) is 0 Å². The van der Waals surface area contributed by atoms with Crippen molar-refractivity contribution < 1.29 is 22.6 Å². The summed E-state index contributed by atoms with van der Waals surface area (Å²) in [6, 6.07) is 5.41. The summed E-state index contributed by atoms with van der Waals surface area (Å²) in [5.74, 6) is 0.641. The number of alkyl halides is 3. The molecule has 0 aromatic heterocycles. The first-order valence-corrected chi connectivity index (χ1v) is 7.00. The van der Waals surface area contributed by atoms with Crippen molar-refractivity contribution in [2.45, 2.75) is 58.0 Å². The van der Waals surface area contributed by atoms with Crippen LogP contribution in [0.15, 0.2) is 18.2 Å². The van der Waals surface area contributed by atoms with Gasteiger partial charge in [0.05, 0.1) is 0 Å². The Kier molecular flexibility index (Phi) is 4.25. The standard InChI is InChI=1S/C15H20F3NO2/c1-10(5-4-8-15(16,17)18)19-11-6-7-12-13(9-11)21-14(2,3)20-12/h6-7,9-10,19H,4-5,8H2,1-3H3. The lowest BCUT2D eigenvalue weighted by atomic mass is 10.1. The molecule has 3 nitrogen and oxygen atoms in total. The summed E-state index contributed by atoms with van der Waals surface area (Å²) in [6.07, 6.45) is -4.24. The predicted molar refractivity (Wildman–Crippen MR) is 74.8 cm³/mol. The van der Waals surface area contributed by atoms with Gasteiger partial charge in [-0.1, -0.05) is 0 Å². The minimum absolute atomic E-state index is 0.0410. The van der Waals surface area contributed by atoms with E-state index in [1.54, 1.807) is 6.07 Å². The van der Waals surface area contributed by atoms with Crippen molar-refractivity contribution in [3.8, 4) is 11.5 Å². The topological polar surface area (TPSA) is 30.5 Å². The zero-order chi connectivity index (χ0) is 15.7. The van der Waals surface area contributed by atoms with Crippen molar-refractivity contribution >= 4 is 5.69 Å². The van der Waals surface area contributed by atoms with E-state index in [4.69, 9.17) is 9.47 Å². The Morgan fingerprint density at radius 3 is 2.52 bits per heavy atom. The van der Waals surface area contributed by atoms with Gasteiger partial charge >= 0.3 is 6.18 Å². The van der Waals surface area contributed by atoms with E-state index in [0.29, 0.717) is 17.9 Å². The molecule has 0 radical (unpaired) electrons. The summed E-state index contributed by atoms with van der Waals surface area (Å²) < 4.78 is 47.5. The number of hydrogen-bond donors (Lipinski definition) is 1. The number of anilines is 1. The Labute approximate surface area is 122 Å². The number of nitrogens with one attached hydrogen (secondary N) is 1. The van der Waals surface area contributed by atoms with Crippen molar-refractivity contribution in [2.24, 2.45) is 0 Å². The molecule has 118 valence electrons. The number of benzene rings is 1. The monoisotopic (exact) mass is 303 g/mol. The summed E-state index contributed by atoms with van der Waals surface area (Å²) in [6.45, 7) is 5.50. The molecule has 1 aromatic carbocycles. The van der Waals surface area contributed by atoms with E-state index >= 15 is 0 Å². The van der Waals surface area contributed by atoms with Crippen LogP contribution in [0, 0.1) is 0 Å². The second-order valence-corrected chi connectivity index (χ2v) is 5.82. The molecule has 1 N–H and O–H groups in total. The average molecular weight is 303 g/mol. The Morgan fingerprint density at radius 1 is 1.19 bits per heavy atom. The van der Waals surface area contributed by atoms with Crippen molar-refractivity contribution in [3.63, 3.8) is 0 Å². The Bertz CT molecular complexity index is 500. The van der Waals surface area contributed by atoms with Gasteiger partial charge in [-0.2, -0.15) is 13.2 Å². The Hall–Kier alpha value is -1.59. The molecule has 1 atom stereocenters. The summed E-state index contributed by atoms with van der Waals surface area (Å²) in [5.41, 5.74) is 0.814. The first-order chi connectivity index (χ1) is 9.65. The number of fused-ring (bicyclic) bond motifs is 1. The van der Waals surface area contributed by atoms with Gasteiger partial charge in [0, 0.05) is 38.1 Å². The van der Waals surface area contributed by atoms with Crippen molar-refractivity contribution in [2.75, 3.05) is 5.32 Å². The number of halogens is 3. The third-order valence-corrected chi connectivity index (χ3v) is 3.17. The molecule has 0 fully saturated rings. The van der Waals surface area contributed by atoms with Crippen LogP contribution in [0.5, 0.6) is 11.5 Å². The van der Waals surface area contributed by atoms with Gasteiger partial charge in [-0.05, 0) is 31.9 Å². The maximum absolute atomic E-state index is 12.1. The van der Waals surface area contributed by atoms with Gasteiger partial charge < -0.3 is 14.8 Å². The minimum Gasteiger partial charge on any atom is -0.449 e. The van der Waals surface area contributed by atoms with Crippen LogP contribution in [0.2, 0.25) is 0 Å². The van der Waals surface area contributed by atoms with Crippen LogP contribution in [-0.4, -0.2) is 18.0 Å². The third kappa shape index (κ3) is 4.72. The van der Waals surface area contributed by atoms with E-state index < -0.39 is 18.4 Å². The van der Waals surface area contributed by atoms with Gasteiger partial charge in [0.15, 0.2) is 11.5 Å². The van der Waals surface area contributed by atoms with Gasteiger partial charge in [0.2, 0.25) is 5.79 Å². The summed E-state index contributed by atoms with van der Waals surface area (Å²) >= 11 is 0. The second-order valence-electron chi connectivity index (χ2n) is 5.82. The maximum Gasteiger partial charge on any atom is 0.389 e. The molecule has 1 heterocycles. The van der Waals surface area contributed by atoms with Gasteiger partial charge in [0.25, 0.3) is 0 Å². The molecule has 0 saturated heterocycles. The molecule has 0 bridgehead atoms. The summed E-state index contributed by atoms with van der Waals surface area (Å²) in [5, 5.41) is 3.18. The molecular weight excluding hydrogens is 283 g/mol. The maximum atomic E-state index is 12.1. The molecule has 2 rings (SSSR count).